The molecule has 0 aromatic heterocycles. The lowest BCUT2D eigenvalue weighted by atomic mass is 9.83. The third-order valence-electron chi connectivity index (χ3n) is 3.89. The highest BCUT2D eigenvalue weighted by molar-refractivity contribution is 7.88. The minimum atomic E-state index is -3.16. The van der Waals surface area contributed by atoms with E-state index in [9.17, 15) is 13.5 Å². The zero-order valence-corrected chi connectivity index (χ0v) is 10.6. The topological polar surface area (TPSA) is 57.6 Å². The number of aliphatic hydroxyl groups excluding tert-OH is 1. The second-order valence-corrected chi connectivity index (χ2v) is 7.12. The van der Waals surface area contributed by atoms with Crippen LogP contribution in [-0.4, -0.2) is 42.8 Å². The van der Waals surface area contributed by atoms with Gasteiger partial charge in [-0.1, -0.05) is 19.3 Å². The summed E-state index contributed by atoms with van der Waals surface area (Å²) in [5, 5.41) is 9.66. The first kappa shape index (κ1) is 12.3. The summed E-state index contributed by atoms with van der Waals surface area (Å²) < 4.78 is 24.8. The molecule has 1 aliphatic carbocycles. The maximum absolute atomic E-state index is 11.6. The predicted octanol–water partition coefficient (Wildman–Crippen LogP) is 0.961. The Labute approximate surface area is 97.7 Å². The highest BCUT2D eigenvalue weighted by atomic mass is 32.2. The Bertz CT molecular complexity index is 335. The van der Waals surface area contributed by atoms with Crippen LogP contribution in [0, 0.1) is 5.92 Å². The molecule has 0 spiro atoms. The average molecular weight is 247 g/mol. The van der Waals surface area contributed by atoms with Gasteiger partial charge >= 0.3 is 0 Å². The van der Waals surface area contributed by atoms with E-state index in [1.54, 1.807) is 0 Å². The molecule has 94 valence electrons. The number of hydrogen-bond donors (Lipinski definition) is 1. The number of nitrogens with zero attached hydrogens (tertiary/aromatic N) is 1. The monoisotopic (exact) mass is 247 g/mol. The minimum Gasteiger partial charge on any atom is -0.392 e. The van der Waals surface area contributed by atoms with Gasteiger partial charge in [0.05, 0.1) is 12.4 Å². The molecule has 1 N–H and O–H groups in total. The van der Waals surface area contributed by atoms with E-state index in [2.05, 4.69) is 0 Å². The number of hydrogen-bond acceptors (Lipinski definition) is 3. The van der Waals surface area contributed by atoms with E-state index in [0.29, 0.717) is 18.9 Å². The van der Waals surface area contributed by atoms with Gasteiger partial charge in [0.2, 0.25) is 10.0 Å². The van der Waals surface area contributed by atoms with E-state index in [4.69, 9.17) is 0 Å². The van der Waals surface area contributed by atoms with Gasteiger partial charge < -0.3 is 5.11 Å². The smallest absolute Gasteiger partial charge is 0.211 e. The van der Waals surface area contributed by atoms with E-state index in [0.717, 1.165) is 12.8 Å². The quantitative estimate of drug-likeness (QED) is 0.791. The molecule has 1 saturated carbocycles. The SMILES string of the molecule is CS(=O)(=O)N1CC(O)CC1C1CCCCC1. The molecule has 1 saturated heterocycles. The Balaban J connectivity index is 2.11. The third-order valence-corrected chi connectivity index (χ3v) is 5.17. The first-order valence-electron chi connectivity index (χ1n) is 6.13. The van der Waals surface area contributed by atoms with Crippen molar-refractivity contribution in [3.63, 3.8) is 0 Å². The largest absolute Gasteiger partial charge is 0.392 e. The lowest BCUT2D eigenvalue weighted by molar-refractivity contribution is 0.185. The van der Waals surface area contributed by atoms with Gasteiger partial charge in [-0.15, -0.1) is 0 Å². The predicted molar refractivity (Wildman–Crippen MR) is 62.5 cm³/mol. The van der Waals surface area contributed by atoms with Crippen LogP contribution < -0.4 is 0 Å². The van der Waals surface area contributed by atoms with Gasteiger partial charge in [0, 0.05) is 12.6 Å². The van der Waals surface area contributed by atoms with Crippen molar-refractivity contribution in [1.29, 1.82) is 0 Å². The summed E-state index contributed by atoms with van der Waals surface area (Å²) in [6.07, 6.45) is 7.31. The summed E-state index contributed by atoms with van der Waals surface area (Å²) >= 11 is 0. The molecule has 0 aromatic rings. The van der Waals surface area contributed by atoms with E-state index in [-0.39, 0.29) is 6.04 Å². The summed E-state index contributed by atoms with van der Waals surface area (Å²) in [5.74, 6) is 0.459. The fourth-order valence-corrected chi connectivity index (χ4v) is 4.33. The molecule has 2 atom stereocenters. The van der Waals surface area contributed by atoms with Crippen LogP contribution >= 0.6 is 0 Å². The molecule has 2 unspecified atom stereocenters. The van der Waals surface area contributed by atoms with Crippen molar-refractivity contribution in [3.8, 4) is 0 Å². The van der Waals surface area contributed by atoms with Gasteiger partial charge in [0.25, 0.3) is 0 Å². The highest BCUT2D eigenvalue weighted by Crippen LogP contribution is 2.35. The number of rotatable bonds is 2. The second-order valence-electron chi connectivity index (χ2n) is 5.19. The lowest BCUT2D eigenvalue weighted by Gasteiger charge is -2.32. The molecule has 5 heteroatoms. The fourth-order valence-electron chi connectivity index (χ4n) is 3.14. The van der Waals surface area contributed by atoms with Crippen LogP contribution in [0.5, 0.6) is 0 Å². The molecule has 0 aromatic carbocycles. The molecule has 16 heavy (non-hydrogen) atoms. The first-order valence-corrected chi connectivity index (χ1v) is 7.98. The Morgan fingerprint density at radius 2 is 1.81 bits per heavy atom. The molecular weight excluding hydrogens is 226 g/mol. The maximum atomic E-state index is 11.6. The summed E-state index contributed by atoms with van der Waals surface area (Å²) in [5.41, 5.74) is 0. The molecule has 0 bridgehead atoms. The molecule has 1 aliphatic heterocycles. The van der Waals surface area contributed by atoms with Crippen molar-refractivity contribution in [3.05, 3.63) is 0 Å². The summed E-state index contributed by atoms with van der Waals surface area (Å²) in [7, 11) is -3.16. The van der Waals surface area contributed by atoms with Crippen LogP contribution in [0.3, 0.4) is 0 Å². The maximum Gasteiger partial charge on any atom is 0.211 e. The van der Waals surface area contributed by atoms with Gasteiger partial charge in [-0.3, -0.25) is 0 Å². The molecule has 0 radical (unpaired) electrons. The average Bonchev–Trinajstić information content (AvgIpc) is 2.61. The second kappa shape index (κ2) is 4.63. The van der Waals surface area contributed by atoms with Crippen molar-refractivity contribution >= 4 is 10.0 Å². The zero-order chi connectivity index (χ0) is 11.8. The molecule has 4 nitrogen and oxygen atoms in total. The van der Waals surface area contributed by atoms with Crippen LogP contribution in [0.2, 0.25) is 0 Å². The Hall–Kier alpha value is -0.130. The third kappa shape index (κ3) is 2.57. The zero-order valence-electron chi connectivity index (χ0n) is 9.80. The van der Waals surface area contributed by atoms with Crippen LogP contribution in [0.25, 0.3) is 0 Å². The van der Waals surface area contributed by atoms with Gasteiger partial charge in [0.15, 0.2) is 0 Å². The molecule has 2 rings (SSSR count). The first-order chi connectivity index (χ1) is 7.48. The molecule has 0 amide bonds. The number of β-amino-alcohol motifs (C(OH)–C–C–N with tert-alkyl or cyclic N) is 1. The van der Waals surface area contributed by atoms with E-state index < -0.39 is 16.1 Å². The summed E-state index contributed by atoms with van der Waals surface area (Å²) in [4.78, 5) is 0. The van der Waals surface area contributed by atoms with E-state index in [1.165, 1.54) is 29.8 Å². The van der Waals surface area contributed by atoms with Gasteiger partial charge in [-0.25, -0.2) is 8.42 Å². The molecule has 2 fully saturated rings. The van der Waals surface area contributed by atoms with Crippen molar-refractivity contribution < 1.29 is 13.5 Å². The van der Waals surface area contributed by atoms with Crippen LogP contribution in [0.4, 0.5) is 0 Å². The van der Waals surface area contributed by atoms with E-state index in [1.807, 2.05) is 0 Å². The van der Waals surface area contributed by atoms with Gasteiger partial charge in [0.1, 0.15) is 0 Å². The standard InChI is InChI=1S/C11H21NO3S/c1-16(14,15)12-8-10(13)7-11(12)9-5-3-2-4-6-9/h9-11,13H,2-8H2,1H3. The fraction of sp³-hybridized carbons (Fsp3) is 1.00. The lowest BCUT2D eigenvalue weighted by Crippen LogP contribution is -2.40. The minimum absolute atomic E-state index is 0.0466. The van der Waals surface area contributed by atoms with Crippen molar-refractivity contribution in [2.45, 2.75) is 50.7 Å². The van der Waals surface area contributed by atoms with Crippen molar-refractivity contribution in [2.75, 3.05) is 12.8 Å². The molecule has 2 aliphatic rings. The molecular formula is C11H21NO3S. The van der Waals surface area contributed by atoms with Gasteiger partial charge in [-0.2, -0.15) is 4.31 Å². The van der Waals surface area contributed by atoms with Crippen LogP contribution in [0.15, 0.2) is 0 Å². The number of aliphatic hydroxyl groups is 1. The van der Waals surface area contributed by atoms with Crippen LogP contribution in [0.1, 0.15) is 38.5 Å². The Kier molecular flexibility index (Phi) is 3.56. The Morgan fingerprint density at radius 1 is 1.19 bits per heavy atom. The van der Waals surface area contributed by atoms with Crippen molar-refractivity contribution in [1.82, 2.24) is 4.31 Å². The summed E-state index contributed by atoms with van der Waals surface area (Å²) in [6.45, 7) is 0.292. The van der Waals surface area contributed by atoms with E-state index >= 15 is 0 Å². The normalized spacial score (nSPS) is 34.4. The molecule has 1 heterocycles. The number of sulfonamides is 1. The Morgan fingerprint density at radius 3 is 2.38 bits per heavy atom. The summed E-state index contributed by atoms with van der Waals surface area (Å²) in [6, 6.07) is 0.0466. The highest BCUT2D eigenvalue weighted by Gasteiger charge is 2.40. The van der Waals surface area contributed by atoms with Crippen LogP contribution in [-0.2, 0) is 10.0 Å². The van der Waals surface area contributed by atoms with Gasteiger partial charge in [-0.05, 0) is 25.2 Å². The van der Waals surface area contributed by atoms with Crippen molar-refractivity contribution in [2.24, 2.45) is 5.92 Å².